The topological polar surface area (TPSA) is 18.5 Å². The van der Waals surface area contributed by atoms with E-state index in [9.17, 15) is 0 Å². The highest BCUT2D eigenvalue weighted by molar-refractivity contribution is 6.18. The standard InChI is InChI=1S/C24H18O2/c1-5-17-18-6-3-15-11-26-12-16-4-8-20(24(18)22(15)16)19-7-2-14-10-25-9-13(1)21(14)23(17)19/h1-7,14H,8-12H2. The molecule has 2 heterocycles. The van der Waals surface area contributed by atoms with Gasteiger partial charge in [-0.25, -0.2) is 0 Å². The van der Waals surface area contributed by atoms with Crippen LogP contribution in [0.1, 0.15) is 39.3 Å². The van der Waals surface area contributed by atoms with E-state index in [1.54, 1.807) is 0 Å². The van der Waals surface area contributed by atoms with Gasteiger partial charge in [0.25, 0.3) is 0 Å². The molecule has 126 valence electrons. The molecule has 0 fully saturated rings. The van der Waals surface area contributed by atoms with Crippen molar-refractivity contribution in [3.05, 3.63) is 69.8 Å². The first-order valence-corrected chi connectivity index (χ1v) is 9.49. The van der Waals surface area contributed by atoms with Crippen molar-refractivity contribution in [1.29, 1.82) is 0 Å². The lowest BCUT2D eigenvalue weighted by Gasteiger charge is -2.33. The minimum atomic E-state index is 0.403. The molecule has 2 heteroatoms. The lowest BCUT2D eigenvalue weighted by atomic mass is 9.75. The van der Waals surface area contributed by atoms with Crippen LogP contribution in [0.4, 0.5) is 0 Å². The summed E-state index contributed by atoms with van der Waals surface area (Å²) in [4.78, 5) is 0. The molecule has 0 saturated carbocycles. The smallest absolute Gasteiger partial charge is 0.0727 e. The van der Waals surface area contributed by atoms with E-state index in [1.165, 1.54) is 60.5 Å². The second-order valence-corrected chi connectivity index (χ2v) is 7.88. The summed E-state index contributed by atoms with van der Waals surface area (Å²) in [6.45, 7) is 3.03. The average Bonchev–Trinajstić information content (AvgIpc) is 2.70. The molecule has 3 aromatic carbocycles. The van der Waals surface area contributed by atoms with Crippen molar-refractivity contribution in [2.75, 3.05) is 13.2 Å². The molecule has 0 amide bonds. The Morgan fingerprint density at radius 1 is 0.846 bits per heavy atom. The Bertz CT molecular complexity index is 1210. The molecule has 2 aliphatic carbocycles. The van der Waals surface area contributed by atoms with Gasteiger partial charge in [0.1, 0.15) is 0 Å². The zero-order valence-corrected chi connectivity index (χ0v) is 14.5. The number of ether oxygens (including phenoxy) is 2. The van der Waals surface area contributed by atoms with Crippen LogP contribution >= 0.6 is 0 Å². The lowest BCUT2D eigenvalue weighted by Crippen LogP contribution is -2.19. The summed E-state index contributed by atoms with van der Waals surface area (Å²) < 4.78 is 11.6. The number of fused-ring (bicyclic) bond motifs is 2. The van der Waals surface area contributed by atoms with Gasteiger partial charge in [-0.2, -0.15) is 0 Å². The third-order valence-electron chi connectivity index (χ3n) is 6.62. The van der Waals surface area contributed by atoms with E-state index >= 15 is 0 Å². The summed E-state index contributed by atoms with van der Waals surface area (Å²) in [6, 6.07) is 9.22. The molecule has 4 aliphatic rings. The van der Waals surface area contributed by atoms with Gasteiger partial charge in [-0.05, 0) is 66.9 Å². The Morgan fingerprint density at radius 2 is 1.69 bits per heavy atom. The molecular weight excluding hydrogens is 320 g/mol. The van der Waals surface area contributed by atoms with E-state index in [-0.39, 0.29) is 0 Å². The SMILES string of the molecule is C1=CC2COCc3ccc4c(c1c1c5c6c(ccc54)COCC6=CC1)c32. The molecule has 2 nitrogen and oxygen atoms in total. The summed E-state index contributed by atoms with van der Waals surface area (Å²) in [6.07, 6.45) is 8.12. The molecule has 0 bridgehead atoms. The maximum Gasteiger partial charge on any atom is 0.0727 e. The number of benzene rings is 3. The Balaban J connectivity index is 1.74. The van der Waals surface area contributed by atoms with Gasteiger partial charge in [-0.15, -0.1) is 0 Å². The van der Waals surface area contributed by atoms with Crippen LogP contribution in [0.2, 0.25) is 0 Å². The zero-order chi connectivity index (χ0) is 16.8. The third kappa shape index (κ3) is 1.52. The van der Waals surface area contributed by atoms with E-state index in [2.05, 4.69) is 42.5 Å². The largest absolute Gasteiger partial charge is 0.376 e. The van der Waals surface area contributed by atoms with Crippen LogP contribution in [-0.4, -0.2) is 13.2 Å². The van der Waals surface area contributed by atoms with Gasteiger partial charge in [-0.1, -0.05) is 42.5 Å². The molecule has 0 radical (unpaired) electrons. The van der Waals surface area contributed by atoms with Crippen LogP contribution in [0.5, 0.6) is 0 Å². The average molecular weight is 338 g/mol. The van der Waals surface area contributed by atoms with Crippen LogP contribution in [0.25, 0.3) is 33.2 Å². The molecular formula is C24H18O2. The van der Waals surface area contributed by atoms with Crippen molar-refractivity contribution in [2.24, 2.45) is 0 Å². The summed E-state index contributed by atoms with van der Waals surface area (Å²) >= 11 is 0. The van der Waals surface area contributed by atoms with Crippen molar-refractivity contribution in [2.45, 2.75) is 25.6 Å². The van der Waals surface area contributed by atoms with Crippen molar-refractivity contribution in [3.8, 4) is 0 Å². The number of hydrogen-bond donors (Lipinski definition) is 0. The molecule has 7 rings (SSSR count). The van der Waals surface area contributed by atoms with Crippen LogP contribution < -0.4 is 0 Å². The van der Waals surface area contributed by atoms with Gasteiger partial charge in [0, 0.05) is 5.92 Å². The molecule has 0 spiro atoms. The van der Waals surface area contributed by atoms with E-state index < -0.39 is 0 Å². The third-order valence-corrected chi connectivity index (χ3v) is 6.62. The fourth-order valence-electron chi connectivity index (χ4n) is 5.55. The molecule has 0 aromatic heterocycles. The number of rotatable bonds is 0. The van der Waals surface area contributed by atoms with E-state index in [1.807, 2.05) is 0 Å². The first kappa shape index (κ1) is 13.7. The van der Waals surface area contributed by atoms with Crippen molar-refractivity contribution in [1.82, 2.24) is 0 Å². The van der Waals surface area contributed by atoms with Gasteiger partial charge >= 0.3 is 0 Å². The van der Waals surface area contributed by atoms with Crippen LogP contribution in [-0.2, 0) is 29.1 Å². The maximum absolute atomic E-state index is 5.83. The predicted octanol–water partition coefficient (Wildman–Crippen LogP) is 5.10. The Labute approximate surface area is 151 Å². The van der Waals surface area contributed by atoms with Gasteiger partial charge < -0.3 is 9.47 Å². The fraction of sp³-hybridized carbons (Fsp3) is 0.250. The van der Waals surface area contributed by atoms with Gasteiger partial charge in [0.2, 0.25) is 0 Å². The predicted molar refractivity (Wildman–Crippen MR) is 104 cm³/mol. The normalized spacial score (nSPS) is 22.0. The second-order valence-electron chi connectivity index (χ2n) is 7.88. The minimum Gasteiger partial charge on any atom is -0.376 e. The lowest BCUT2D eigenvalue weighted by molar-refractivity contribution is 0.101. The molecule has 2 aliphatic heterocycles. The quantitative estimate of drug-likeness (QED) is 0.531. The van der Waals surface area contributed by atoms with Crippen molar-refractivity contribution < 1.29 is 9.47 Å². The monoisotopic (exact) mass is 338 g/mol. The first-order chi connectivity index (χ1) is 12.9. The Kier molecular flexibility index (Phi) is 2.45. The molecule has 26 heavy (non-hydrogen) atoms. The molecule has 3 aromatic rings. The van der Waals surface area contributed by atoms with Crippen LogP contribution in [0.15, 0.2) is 36.4 Å². The van der Waals surface area contributed by atoms with Gasteiger partial charge in [0.15, 0.2) is 0 Å². The van der Waals surface area contributed by atoms with Crippen LogP contribution in [0, 0.1) is 0 Å². The highest BCUT2D eigenvalue weighted by Crippen LogP contribution is 2.48. The summed E-state index contributed by atoms with van der Waals surface area (Å²) in [7, 11) is 0. The first-order valence-electron chi connectivity index (χ1n) is 9.49. The van der Waals surface area contributed by atoms with Crippen LogP contribution in [0.3, 0.4) is 0 Å². The molecule has 1 atom stereocenters. The van der Waals surface area contributed by atoms with E-state index in [0.29, 0.717) is 5.92 Å². The summed E-state index contributed by atoms with van der Waals surface area (Å²) in [5.74, 6) is 0.403. The second kappa shape index (κ2) is 4.64. The Morgan fingerprint density at radius 3 is 2.65 bits per heavy atom. The Hall–Kier alpha value is -2.42. The van der Waals surface area contributed by atoms with Crippen molar-refractivity contribution in [3.63, 3.8) is 0 Å². The van der Waals surface area contributed by atoms with Crippen molar-refractivity contribution >= 4 is 33.2 Å². The van der Waals surface area contributed by atoms with E-state index in [4.69, 9.17) is 9.47 Å². The van der Waals surface area contributed by atoms with Gasteiger partial charge in [-0.3, -0.25) is 0 Å². The molecule has 0 saturated heterocycles. The molecule has 0 N–H and O–H groups in total. The number of allylic oxidation sites excluding steroid dienone is 1. The summed E-state index contributed by atoms with van der Waals surface area (Å²) in [5.41, 5.74) is 9.99. The zero-order valence-electron chi connectivity index (χ0n) is 14.5. The highest BCUT2D eigenvalue weighted by Gasteiger charge is 2.30. The fourth-order valence-corrected chi connectivity index (χ4v) is 5.55. The minimum absolute atomic E-state index is 0.403. The highest BCUT2D eigenvalue weighted by atomic mass is 16.5. The number of hydrogen-bond acceptors (Lipinski definition) is 2. The summed E-state index contributed by atoms with van der Waals surface area (Å²) in [5, 5.41) is 5.77. The van der Waals surface area contributed by atoms with Gasteiger partial charge in [0.05, 0.1) is 26.4 Å². The molecule has 1 unspecified atom stereocenters. The van der Waals surface area contributed by atoms with E-state index in [0.717, 1.165) is 32.8 Å². The maximum atomic E-state index is 5.83.